The number of rotatable bonds is 5. The molecule has 0 saturated carbocycles. The van der Waals surface area contributed by atoms with Gasteiger partial charge >= 0.3 is 0 Å². The van der Waals surface area contributed by atoms with Crippen molar-refractivity contribution in [3.05, 3.63) is 80.3 Å². The maximum atomic E-state index is 12.1. The molecule has 0 saturated heterocycles. The fraction of sp³-hybridized carbons (Fsp3) is 0.118. The van der Waals surface area contributed by atoms with Crippen LogP contribution in [0.2, 0.25) is 0 Å². The molecule has 0 unspecified atom stereocenters. The molecule has 0 atom stereocenters. The lowest BCUT2D eigenvalue weighted by Gasteiger charge is -2.07. The molecule has 8 heteroatoms. The van der Waals surface area contributed by atoms with Gasteiger partial charge < -0.3 is 5.32 Å². The van der Waals surface area contributed by atoms with Gasteiger partial charge in [-0.3, -0.25) is 19.7 Å². The molecule has 3 rings (SSSR count). The molecule has 1 amide bonds. The Morgan fingerprint density at radius 1 is 1.12 bits per heavy atom. The van der Waals surface area contributed by atoms with Crippen LogP contribution in [0.4, 0.5) is 5.69 Å². The Hall–Kier alpha value is -3.55. The fourth-order valence-electron chi connectivity index (χ4n) is 2.47. The quantitative estimate of drug-likeness (QED) is 0.542. The number of benzene rings is 2. The number of carbonyl (C=O) groups is 1. The van der Waals surface area contributed by atoms with Crippen molar-refractivity contribution in [2.75, 3.05) is 0 Å². The van der Waals surface area contributed by atoms with Crippen molar-refractivity contribution in [1.82, 2.24) is 15.5 Å². The third kappa shape index (κ3) is 3.69. The number of aromatic amines is 1. The highest BCUT2D eigenvalue weighted by Gasteiger charge is 2.10. The molecule has 0 aliphatic carbocycles. The van der Waals surface area contributed by atoms with Crippen LogP contribution in [0.1, 0.15) is 11.3 Å². The third-order valence-corrected chi connectivity index (χ3v) is 3.74. The zero-order valence-corrected chi connectivity index (χ0v) is 13.1. The first kappa shape index (κ1) is 16.3. The van der Waals surface area contributed by atoms with E-state index in [1.54, 1.807) is 36.4 Å². The second kappa shape index (κ2) is 6.91. The first-order chi connectivity index (χ1) is 12.0. The van der Waals surface area contributed by atoms with E-state index >= 15 is 0 Å². The second-order valence-corrected chi connectivity index (χ2v) is 5.42. The Balaban J connectivity index is 1.68. The van der Waals surface area contributed by atoms with Crippen LogP contribution < -0.4 is 10.9 Å². The highest BCUT2D eigenvalue weighted by atomic mass is 16.6. The molecule has 0 fully saturated rings. The molecule has 1 aromatic heterocycles. The van der Waals surface area contributed by atoms with Gasteiger partial charge in [0.05, 0.1) is 29.0 Å². The van der Waals surface area contributed by atoms with Crippen molar-refractivity contribution in [2.24, 2.45) is 0 Å². The van der Waals surface area contributed by atoms with Gasteiger partial charge in [-0.15, -0.1) is 0 Å². The molecule has 0 aliphatic rings. The summed E-state index contributed by atoms with van der Waals surface area (Å²) in [6.45, 7) is 0.170. The van der Waals surface area contributed by atoms with E-state index in [0.29, 0.717) is 22.0 Å². The Kier molecular flexibility index (Phi) is 4.51. The van der Waals surface area contributed by atoms with Gasteiger partial charge in [0.25, 0.3) is 11.2 Å². The lowest BCUT2D eigenvalue weighted by Crippen LogP contribution is -2.26. The van der Waals surface area contributed by atoms with Gasteiger partial charge in [0, 0.05) is 17.5 Å². The van der Waals surface area contributed by atoms with Crippen LogP contribution in [0.15, 0.2) is 53.3 Å². The van der Waals surface area contributed by atoms with Crippen molar-refractivity contribution in [1.29, 1.82) is 0 Å². The van der Waals surface area contributed by atoms with Gasteiger partial charge in [-0.2, -0.15) is 5.10 Å². The summed E-state index contributed by atoms with van der Waals surface area (Å²) in [5.41, 5.74) is 0.930. The molecule has 1 heterocycles. The number of nitro groups is 1. The Labute approximate surface area is 141 Å². The number of amides is 1. The number of non-ortho nitro benzene ring substituents is 1. The minimum Gasteiger partial charge on any atom is -0.350 e. The molecule has 2 aromatic carbocycles. The van der Waals surface area contributed by atoms with Gasteiger partial charge in [0.2, 0.25) is 5.91 Å². The zero-order valence-electron chi connectivity index (χ0n) is 13.1. The summed E-state index contributed by atoms with van der Waals surface area (Å²) >= 11 is 0. The van der Waals surface area contributed by atoms with Crippen molar-refractivity contribution in [2.45, 2.75) is 13.0 Å². The Morgan fingerprint density at radius 3 is 2.48 bits per heavy atom. The zero-order chi connectivity index (χ0) is 17.8. The number of hydrogen-bond acceptors (Lipinski definition) is 5. The Morgan fingerprint density at radius 2 is 1.80 bits per heavy atom. The molecule has 25 heavy (non-hydrogen) atoms. The molecule has 0 aliphatic heterocycles. The normalized spacial score (nSPS) is 10.6. The number of aromatic nitrogens is 2. The number of fused-ring (bicyclic) bond motifs is 1. The molecule has 8 nitrogen and oxygen atoms in total. The van der Waals surface area contributed by atoms with E-state index in [1.807, 2.05) is 0 Å². The standard InChI is InChI=1S/C17H14N4O4/c22-16(9-11-5-7-12(8-6-11)21(24)25)18-10-15-13-3-1-2-4-14(13)17(23)20-19-15/h1-8H,9-10H2,(H,18,22)(H,20,23). The van der Waals surface area contributed by atoms with Crippen LogP contribution in [-0.4, -0.2) is 21.0 Å². The van der Waals surface area contributed by atoms with E-state index in [1.165, 1.54) is 12.1 Å². The summed E-state index contributed by atoms with van der Waals surface area (Å²) in [5, 5.41) is 21.0. The van der Waals surface area contributed by atoms with Crippen molar-refractivity contribution >= 4 is 22.4 Å². The summed E-state index contributed by atoms with van der Waals surface area (Å²) in [6, 6.07) is 12.8. The summed E-state index contributed by atoms with van der Waals surface area (Å²) in [6.07, 6.45) is 0.0965. The maximum absolute atomic E-state index is 12.1. The second-order valence-electron chi connectivity index (χ2n) is 5.42. The van der Waals surface area contributed by atoms with Crippen molar-refractivity contribution in [3.8, 4) is 0 Å². The van der Waals surface area contributed by atoms with Gasteiger partial charge in [0.1, 0.15) is 0 Å². The molecule has 126 valence electrons. The molecule has 0 radical (unpaired) electrons. The van der Waals surface area contributed by atoms with Crippen LogP contribution in [0, 0.1) is 10.1 Å². The first-order valence-corrected chi connectivity index (χ1v) is 7.51. The van der Waals surface area contributed by atoms with Crippen molar-refractivity contribution < 1.29 is 9.72 Å². The predicted molar refractivity (Wildman–Crippen MR) is 91.0 cm³/mol. The average molecular weight is 338 g/mol. The molecule has 3 aromatic rings. The van der Waals surface area contributed by atoms with E-state index in [-0.39, 0.29) is 30.1 Å². The van der Waals surface area contributed by atoms with Crippen LogP contribution in [-0.2, 0) is 17.8 Å². The van der Waals surface area contributed by atoms with Gasteiger partial charge in [0.15, 0.2) is 0 Å². The Bertz CT molecular complexity index is 995. The molecular formula is C17H14N4O4. The van der Waals surface area contributed by atoms with E-state index < -0.39 is 4.92 Å². The number of nitrogens with one attached hydrogen (secondary N) is 2. The number of nitro benzene ring substituents is 1. The predicted octanol–water partition coefficient (Wildman–Crippen LogP) is 1.69. The number of H-pyrrole nitrogens is 1. The maximum Gasteiger partial charge on any atom is 0.272 e. The van der Waals surface area contributed by atoms with Crippen molar-refractivity contribution in [3.63, 3.8) is 0 Å². The largest absolute Gasteiger partial charge is 0.350 e. The van der Waals surface area contributed by atoms with E-state index in [9.17, 15) is 19.7 Å². The van der Waals surface area contributed by atoms with E-state index in [2.05, 4.69) is 15.5 Å². The minimum atomic E-state index is -0.489. The number of hydrogen-bond donors (Lipinski definition) is 2. The smallest absolute Gasteiger partial charge is 0.272 e. The summed E-state index contributed by atoms with van der Waals surface area (Å²) in [4.78, 5) is 33.9. The fourth-order valence-corrected chi connectivity index (χ4v) is 2.47. The van der Waals surface area contributed by atoms with Crippen LogP contribution in [0.5, 0.6) is 0 Å². The van der Waals surface area contributed by atoms with Gasteiger partial charge in [-0.25, -0.2) is 5.10 Å². The first-order valence-electron chi connectivity index (χ1n) is 7.51. The molecule has 2 N–H and O–H groups in total. The lowest BCUT2D eigenvalue weighted by molar-refractivity contribution is -0.384. The third-order valence-electron chi connectivity index (χ3n) is 3.74. The highest BCUT2D eigenvalue weighted by Crippen LogP contribution is 2.13. The summed E-state index contributed by atoms with van der Waals surface area (Å²) in [5.74, 6) is -0.245. The molecule has 0 spiro atoms. The van der Waals surface area contributed by atoms with Crippen LogP contribution in [0.25, 0.3) is 10.8 Å². The number of nitrogens with zero attached hydrogens (tertiary/aromatic N) is 2. The highest BCUT2D eigenvalue weighted by molar-refractivity contribution is 5.84. The molecular weight excluding hydrogens is 324 g/mol. The average Bonchev–Trinajstić information content (AvgIpc) is 2.62. The van der Waals surface area contributed by atoms with Crippen LogP contribution in [0.3, 0.4) is 0 Å². The monoisotopic (exact) mass is 338 g/mol. The minimum absolute atomic E-state index is 0.0203. The SMILES string of the molecule is O=C(Cc1ccc([N+](=O)[O-])cc1)NCc1n[nH]c(=O)c2ccccc12. The lowest BCUT2D eigenvalue weighted by atomic mass is 10.1. The van der Waals surface area contributed by atoms with Gasteiger partial charge in [-0.1, -0.05) is 30.3 Å². The van der Waals surface area contributed by atoms with Crippen LogP contribution >= 0.6 is 0 Å². The molecule has 0 bridgehead atoms. The van der Waals surface area contributed by atoms with Gasteiger partial charge in [-0.05, 0) is 11.6 Å². The number of carbonyl (C=O) groups excluding carboxylic acids is 1. The van der Waals surface area contributed by atoms with E-state index in [0.717, 1.165) is 0 Å². The van der Waals surface area contributed by atoms with E-state index in [4.69, 9.17) is 0 Å². The summed E-state index contributed by atoms with van der Waals surface area (Å²) < 4.78 is 0. The topological polar surface area (TPSA) is 118 Å². The summed E-state index contributed by atoms with van der Waals surface area (Å²) in [7, 11) is 0.